The van der Waals surface area contributed by atoms with E-state index < -0.39 is 0 Å². The van der Waals surface area contributed by atoms with Gasteiger partial charge in [0, 0.05) is 22.9 Å². The zero-order valence-electron chi connectivity index (χ0n) is 21.3. The van der Waals surface area contributed by atoms with E-state index in [1.54, 1.807) is 0 Å². The Hall–Kier alpha value is -4.35. The third kappa shape index (κ3) is 6.13. The van der Waals surface area contributed by atoms with Gasteiger partial charge in [-0.1, -0.05) is 71.8 Å². The molecule has 0 aliphatic rings. The fraction of sp³-hybridized carbons (Fsp3) is 0.125. The van der Waals surface area contributed by atoms with Gasteiger partial charge in [-0.25, -0.2) is 9.67 Å². The molecule has 5 nitrogen and oxygen atoms in total. The molecular formula is C32H28ClN3O2. The molecule has 0 fully saturated rings. The minimum absolute atomic E-state index is 0.419. The van der Waals surface area contributed by atoms with Gasteiger partial charge >= 0.3 is 0 Å². The van der Waals surface area contributed by atoms with Gasteiger partial charge in [0.15, 0.2) is 17.3 Å². The Morgan fingerprint density at radius 3 is 2.34 bits per heavy atom. The van der Waals surface area contributed by atoms with Crippen LogP contribution in [0, 0.1) is 6.92 Å². The summed E-state index contributed by atoms with van der Waals surface area (Å²) in [5.41, 5.74) is 5.98. The molecule has 1 aromatic heterocycles. The third-order valence-corrected chi connectivity index (χ3v) is 6.21. The smallest absolute Gasteiger partial charge is 0.161 e. The van der Waals surface area contributed by atoms with E-state index in [0.717, 1.165) is 33.9 Å². The van der Waals surface area contributed by atoms with E-state index in [9.17, 15) is 0 Å². The second-order valence-corrected chi connectivity index (χ2v) is 9.25. The molecule has 0 aliphatic carbocycles. The molecule has 5 aromatic rings. The first-order chi connectivity index (χ1) is 18.6. The monoisotopic (exact) mass is 521 g/mol. The SMILES string of the molecule is CCOc1cc(C=Nc2cc(-c3ccc(C)cc3)nn2-c2ccccc2)ccc1OCc1ccc(Cl)cc1. The van der Waals surface area contributed by atoms with Crippen LogP contribution in [0.15, 0.2) is 108 Å². The summed E-state index contributed by atoms with van der Waals surface area (Å²) in [5, 5.41) is 5.56. The number of hydrogen-bond acceptors (Lipinski definition) is 4. The predicted octanol–water partition coefficient (Wildman–Crippen LogP) is 8.23. The van der Waals surface area contributed by atoms with Crippen molar-refractivity contribution in [3.05, 3.63) is 125 Å². The number of aliphatic imine (C=N–C) groups is 1. The Labute approximate surface area is 228 Å². The van der Waals surface area contributed by atoms with Crippen LogP contribution in [0.2, 0.25) is 5.02 Å². The van der Waals surface area contributed by atoms with E-state index in [0.29, 0.717) is 29.7 Å². The summed E-state index contributed by atoms with van der Waals surface area (Å²) in [7, 11) is 0. The lowest BCUT2D eigenvalue weighted by molar-refractivity contribution is 0.269. The molecule has 38 heavy (non-hydrogen) atoms. The molecule has 4 aromatic carbocycles. The molecule has 0 unspecified atom stereocenters. The van der Waals surface area contributed by atoms with Crippen molar-refractivity contribution >= 4 is 23.6 Å². The first-order valence-corrected chi connectivity index (χ1v) is 12.9. The lowest BCUT2D eigenvalue weighted by Gasteiger charge is -2.12. The maximum absolute atomic E-state index is 6.04. The van der Waals surface area contributed by atoms with Gasteiger partial charge in [0.05, 0.1) is 18.0 Å². The summed E-state index contributed by atoms with van der Waals surface area (Å²) >= 11 is 5.99. The van der Waals surface area contributed by atoms with Crippen molar-refractivity contribution in [1.82, 2.24) is 9.78 Å². The van der Waals surface area contributed by atoms with Crippen LogP contribution in [-0.2, 0) is 6.61 Å². The Balaban J connectivity index is 1.42. The lowest BCUT2D eigenvalue weighted by atomic mass is 10.1. The molecule has 0 N–H and O–H groups in total. The van der Waals surface area contributed by atoms with Gasteiger partial charge < -0.3 is 9.47 Å². The van der Waals surface area contributed by atoms with Gasteiger partial charge in [-0.05, 0) is 67.4 Å². The molecule has 0 saturated heterocycles. The Bertz CT molecular complexity index is 1530. The highest BCUT2D eigenvalue weighted by Crippen LogP contribution is 2.30. The quantitative estimate of drug-likeness (QED) is 0.183. The average Bonchev–Trinajstić information content (AvgIpc) is 3.37. The van der Waals surface area contributed by atoms with Crippen molar-refractivity contribution in [2.24, 2.45) is 4.99 Å². The van der Waals surface area contributed by atoms with Crippen LogP contribution < -0.4 is 9.47 Å². The van der Waals surface area contributed by atoms with Crippen molar-refractivity contribution in [2.75, 3.05) is 6.61 Å². The maximum atomic E-state index is 6.04. The van der Waals surface area contributed by atoms with Crippen molar-refractivity contribution in [3.8, 4) is 28.4 Å². The minimum Gasteiger partial charge on any atom is -0.490 e. The minimum atomic E-state index is 0.419. The van der Waals surface area contributed by atoms with E-state index in [-0.39, 0.29) is 0 Å². The van der Waals surface area contributed by atoms with Crippen molar-refractivity contribution in [2.45, 2.75) is 20.5 Å². The van der Waals surface area contributed by atoms with E-state index in [4.69, 9.17) is 31.2 Å². The first-order valence-electron chi connectivity index (χ1n) is 12.5. The third-order valence-electron chi connectivity index (χ3n) is 5.96. The Morgan fingerprint density at radius 1 is 0.842 bits per heavy atom. The van der Waals surface area contributed by atoms with Crippen molar-refractivity contribution < 1.29 is 9.47 Å². The Kier molecular flexibility index (Phi) is 7.86. The fourth-order valence-corrected chi connectivity index (χ4v) is 4.09. The van der Waals surface area contributed by atoms with E-state index >= 15 is 0 Å². The summed E-state index contributed by atoms with van der Waals surface area (Å²) in [6.45, 7) is 4.97. The van der Waals surface area contributed by atoms with Gasteiger partial charge in [0.25, 0.3) is 0 Å². The number of hydrogen-bond donors (Lipinski definition) is 0. The molecule has 190 valence electrons. The highest BCUT2D eigenvalue weighted by Gasteiger charge is 2.11. The number of nitrogens with zero attached hydrogens (tertiary/aromatic N) is 3. The molecule has 0 amide bonds. The summed E-state index contributed by atoms with van der Waals surface area (Å²) in [5.74, 6) is 2.07. The summed E-state index contributed by atoms with van der Waals surface area (Å²) in [6, 6.07) is 33.8. The van der Waals surface area contributed by atoms with Gasteiger partial charge in [-0.15, -0.1) is 0 Å². The van der Waals surface area contributed by atoms with Gasteiger partial charge in [-0.2, -0.15) is 5.10 Å². The highest BCUT2D eigenvalue weighted by molar-refractivity contribution is 6.30. The number of para-hydroxylation sites is 1. The van der Waals surface area contributed by atoms with Crippen LogP contribution in [0.25, 0.3) is 16.9 Å². The molecule has 6 heteroatoms. The van der Waals surface area contributed by atoms with Gasteiger partial charge in [0.2, 0.25) is 0 Å². The standard InChI is InChI=1S/C32H28ClN3O2/c1-3-37-31-19-25(13-18-30(31)38-22-24-11-16-27(33)17-12-24)21-34-32-20-29(26-14-9-23(2)10-15-26)35-36(32)28-7-5-4-6-8-28/h4-21H,3,22H2,1-2H3. The van der Waals surface area contributed by atoms with Crippen LogP contribution in [0.3, 0.4) is 0 Å². The second-order valence-electron chi connectivity index (χ2n) is 8.81. The molecule has 5 rings (SSSR count). The fourth-order valence-electron chi connectivity index (χ4n) is 3.96. The number of halogens is 1. The number of aryl methyl sites for hydroxylation is 1. The predicted molar refractivity (Wildman–Crippen MR) is 154 cm³/mol. The van der Waals surface area contributed by atoms with Gasteiger partial charge in [-0.3, -0.25) is 0 Å². The molecule has 1 heterocycles. The molecule has 0 atom stereocenters. The van der Waals surface area contributed by atoms with Crippen LogP contribution in [0.5, 0.6) is 11.5 Å². The summed E-state index contributed by atoms with van der Waals surface area (Å²) in [4.78, 5) is 4.82. The zero-order chi connectivity index (χ0) is 26.3. The second kappa shape index (κ2) is 11.8. The lowest BCUT2D eigenvalue weighted by Crippen LogP contribution is -2.00. The van der Waals surface area contributed by atoms with E-state index in [2.05, 4.69) is 31.2 Å². The van der Waals surface area contributed by atoms with Crippen molar-refractivity contribution in [1.29, 1.82) is 0 Å². The molecular weight excluding hydrogens is 494 g/mol. The van der Waals surface area contributed by atoms with Crippen molar-refractivity contribution in [3.63, 3.8) is 0 Å². The van der Waals surface area contributed by atoms with Crippen LogP contribution in [0.4, 0.5) is 5.82 Å². The van der Waals surface area contributed by atoms with Crippen LogP contribution in [0.1, 0.15) is 23.6 Å². The van der Waals surface area contributed by atoms with Crippen LogP contribution >= 0.6 is 11.6 Å². The topological polar surface area (TPSA) is 48.6 Å². The van der Waals surface area contributed by atoms with Gasteiger partial charge in [0.1, 0.15) is 6.61 Å². The Morgan fingerprint density at radius 2 is 1.61 bits per heavy atom. The molecule has 0 spiro atoms. The zero-order valence-corrected chi connectivity index (χ0v) is 22.1. The molecule has 0 aliphatic heterocycles. The van der Waals surface area contributed by atoms with E-state index in [1.807, 2.05) is 96.7 Å². The molecule has 0 bridgehead atoms. The maximum Gasteiger partial charge on any atom is 0.161 e. The largest absolute Gasteiger partial charge is 0.490 e. The number of rotatable bonds is 9. The molecule has 0 saturated carbocycles. The number of benzene rings is 4. The number of ether oxygens (including phenoxy) is 2. The van der Waals surface area contributed by atoms with Crippen LogP contribution in [-0.4, -0.2) is 22.6 Å². The average molecular weight is 522 g/mol. The summed E-state index contributed by atoms with van der Waals surface area (Å²) < 4.78 is 13.8. The number of aromatic nitrogens is 2. The van der Waals surface area contributed by atoms with E-state index in [1.165, 1.54) is 5.56 Å². The summed E-state index contributed by atoms with van der Waals surface area (Å²) in [6.07, 6.45) is 1.82. The highest BCUT2D eigenvalue weighted by atomic mass is 35.5. The molecule has 0 radical (unpaired) electrons. The first kappa shape index (κ1) is 25.3. The normalized spacial score (nSPS) is 11.1.